The Hall–Kier alpha value is -0.700. The number of aldehydes is 2. The Morgan fingerprint density at radius 1 is 1.23 bits per heavy atom. The summed E-state index contributed by atoms with van der Waals surface area (Å²) in [5, 5.41) is 8.90. The fourth-order valence-corrected chi connectivity index (χ4v) is 1.11. The monoisotopic (exact) mass is 186 g/mol. The van der Waals surface area contributed by atoms with Crippen LogP contribution >= 0.6 is 0 Å². The SMILES string of the molecule is CC(C=O)(CO)CCCCCC=O. The van der Waals surface area contributed by atoms with E-state index in [0.29, 0.717) is 12.8 Å². The number of aliphatic hydroxyl groups is 1. The summed E-state index contributed by atoms with van der Waals surface area (Å²) in [5.41, 5.74) is -0.582. The molecule has 0 aliphatic carbocycles. The Labute approximate surface area is 79.1 Å². The van der Waals surface area contributed by atoms with Crippen LogP contribution in [-0.4, -0.2) is 24.3 Å². The number of hydrogen-bond donors (Lipinski definition) is 1. The third-order valence-electron chi connectivity index (χ3n) is 2.22. The van der Waals surface area contributed by atoms with Crippen molar-refractivity contribution < 1.29 is 14.7 Å². The Morgan fingerprint density at radius 2 is 1.92 bits per heavy atom. The van der Waals surface area contributed by atoms with Gasteiger partial charge >= 0.3 is 0 Å². The van der Waals surface area contributed by atoms with Gasteiger partial charge in [0.2, 0.25) is 0 Å². The number of unbranched alkanes of at least 4 members (excludes halogenated alkanes) is 3. The van der Waals surface area contributed by atoms with Crippen LogP contribution < -0.4 is 0 Å². The first-order valence-corrected chi connectivity index (χ1v) is 4.69. The molecule has 76 valence electrons. The molecule has 0 aliphatic heterocycles. The minimum atomic E-state index is -0.582. The minimum Gasteiger partial charge on any atom is -0.395 e. The molecule has 0 amide bonds. The molecule has 0 aliphatic rings. The Bertz CT molecular complexity index is 156. The predicted octanol–water partition coefficient (Wildman–Crippen LogP) is 1.33. The molecule has 1 N–H and O–H groups in total. The number of aliphatic hydroxyl groups excluding tert-OH is 1. The lowest BCUT2D eigenvalue weighted by Gasteiger charge is -2.19. The standard InChI is InChI=1S/C10H18O3/c1-10(8-12,9-13)6-4-2-3-5-7-11/h7-8,13H,2-6,9H2,1H3. The molecule has 0 aromatic rings. The first-order valence-electron chi connectivity index (χ1n) is 4.69. The lowest BCUT2D eigenvalue weighted by molar-refractivity contribution is -0.117. The van der Waals surface area contributed by atoms with Crippen LogP contribution in [0.5, 0.6) is 0 Å². The number of rotatable bonds is 8. The highest BCUT2D eigenvalue weighted by Crippen LogP contribution is 2.20. The summed E-state index contributed by atoms with van der Waals surface area (Å²) in [7, 11) is 0. The summed E-state index contributed by atoms with van der Waals surface area (Å²) >= 11 is 0. The van der Waals surface area contributed by atoms with Gasteiger partial charge in [-0.15, -0.1) is 0 Å². The number of carbonyl (C=O) groups excluding carboxylic acids is 2. The van der Waals surface area contributed by atoms with Gasteiger partial charge in [-0.05, 0) is 12.8 Å². The molecular weight excluding hydrogens is 168 g/mol. The summed E-state index contributed by atoms with van der Waals surface area (Å²) in [6.07, 6.45) is 5.73. The average Bonchev–Trinajstić information content (AvgIpc) is 2.17. The molecule has 0 bridgehead atoms. The topological polar surface area (TPSA) is 54.4 Å². The highest BCUT2D eigenvalue weighted by Gasteiger charge is 2.21. The van der Waals surface area contributed by atoms with E-state index in [-0.39, 0.29) is 6.61 Å². The maximum Gasteiger partial charge on any atom is 0.128 e. The van der Waals surface area contributed by atoms with Gasteiger partial charge in [0.1, 0.15) is 12.6 Å². The lowest BCUT2D eigenvalue weighted by atomic mass is 9.87. The Morgan fingerprint density at radius 3 is 2.38 bits per heavy atom. The predicted molar refractivity (Wildman–Crippen MR) is 50.4 cm³/mol. The summed E-state index contributed by atoms with van der Waals surface area (Å²) in [6.45, 7) is 1.66. The van der Waals surface area contributed by atoms with Crippen molar-refractivity contribution in [3.05, 3.63) is 0 Å². The van der Waals surface area contributed by atoms with Crippen molar-refractivity contribution in [2.75, 3.05) is 6.61 Å². The van der Waals surface area contributed by atoms with Crippen LogP contribution in [0.15, 0.2) is 0 Å². The minimum absolute atomic E-state index is 0.0931. The molecule has 0 heterocycles. The van der Waals surface area contributed by atoms with Gasteiger partial charge in [-0.2, -0.15) is 0 Å². The average molecular weight is 186 g/mol. The van der Waals surface area contributed by atoms with Gasteiger partial charge in [-0.1, -0.05) is 19.8 Å². The Balaban J connectivity index is 3.49. The van der Waals surface area contributed by atoms with Gasteiger partial charge in [0.25, 0.3) is 0 Å². The van der Waals surface area contributed by atoms with Gasteiger partial charge in [0.05, 0.1) is 6.61 Å². The molecule has 0 saturated carbocycles. The quantitative estimate of drug-likeness (QED) is 0.459. The molecule has 0 spiro atoms. The van der Waals surface area contributed by atoms with Gasteiger partial charge in [-0.3, -0.25) is 0 Å². The fraction of sp³-hybridized carbons (Fsp3) is 0.800. The summed E-state index contributed by atoms with van der Waals surface area (Å²) in [6, 6.07) is 0. The van der Waals surface area contributed by atoms with E-state index >= 15 is 0 Å². The molecule has 0 radical (unpaired) electrons. The van der Waals surface area contributed by atoms with Crippen molar-refractivity contribution in [1.82, 2.24) is 0 Å². The maximum absolute atomic E-state index is 10.6. The third kappa shape index (κ3) is 5.53. The van der Waals surface area contributed by atoms with E-state index in [2.05, 4.69) is 0 Å². The summed E-state index contributed by atoms with van der Waals surface area (Å²) in [4.78, 5) is 20.5. The van der Waals surface area contributed by atoms with Crippen molar-refractivity contribution in [2.24, 2.45) is 5.41 Å². The molecule has 0 aromatic carbocycles. The van der Waals surface area contributed by atoms with E-state index in [1.807, 2.05) is 0 Å². The highest BCUT2D eigenvalue weighted by molar-refractivity contribution is 5.58. The highest BCUT2D eigenvalue weighted by atomic mass is 16.3. The second-order valence-electron chi connectivity index (χ2n) is 3.70. The normalized spacial score (nSPS) is 14.9. The largest absolute Gasteiger partial charge is 0.395 e. The third-order valence-corrected chi connectivity index (χ3v) is 2.22. The zero-order chi connectivity index (χ0) is 10.2. The van der Waals surface area contributed by atoms with E-state index < -0.39 is 5.41 Å². The smallest absolute Gasteiger partial charge is 0.128 e. The molecule has 13 heavy (non-hydrogen) atoms. The van der Waals surface area contributed by atoms with Crippen molar-refractivity contribution >= 4 is 12.6 Å². The van der Waals surface area contributed by atoms with Crippen LogP contribution in [0.1, 0.15) is 39.0 Å². The van der Waals surface area contributed by atoms with Crippen LogP contribution in [0, 0.1) is 5.41 Å². The van der Waals surface area contributed by atoms with Crippen molar-refractivity contribution in [1.29, 1.82) is 0 Å². The van der Waals surface area contributed by atoms with Gasteiger partial charge < -0.3 is 14.7 Å². The van der Waals surface area contributed by atoms with Gasteiger partial charge in [-0.25, -0.2) is 0 Å². The van der Waals surface area contributed by atoms with Crippen molar-refractivity contribution in [3.63, 3.8) is 0 Å². The van der Waals surface area contributed by atoms with Crippen molar-refractivity contribution in [3.8, 4) is 0 Å². The first kappa shape index (κ1) is 12.3. The molecule has 1 unspecified atom stereocenters. The molecule has 3 heteroatoms. The summed E-state index contributed by atoms with van der Waals surface area (Å²) < 4.78 is 0. The number of hydrogen-bond acceptors (Lipinski definition) is 3. The second-order valence-corrected chi connectivity index (χ2v) is 3.70. The molecule has 0 fully saturated rings. The van der Waals surface area contributed by atoms with E-state index in [0.717, 1.165) is 31.8 Å². The van der Waals surface area contributed by atoms with Crippen LogP contribution in [-0.2, 0) is 9.59 Å². The molecule has 3 nitrogen and oxygen atoms in total. The van der Waals surface area contributed by atoms with Crippen LogP contribution in [0.2, 0.25) is 0 Å². The van der Waals surface area contributed by atoms with Crippen LogP contribution in [0.25, 0.3) is 0 Å². The zero-order valence-corrected chi connectivity index (χ0v) is 8.16. The molecule has 1 atom stereocenters. The van der Waals surface area contributed by atoms with Gasteiger partial charge in [0.15, 0.2) is 0 Å². The first-order chi connectivity index (χ1) is 6.18. The van der Waals surface area contributed by atoms with E-state index in [4.69, 9.17) is 5.11 Å². The van der Waals surface area contributed by atoms with E-state index in [1.54, 1.807) is 6.92 Å². The lowest BCUT2D eigenvalue weighted by Crippen LogP contribution is -2.22. The number of carbonyl (C=O) groups is 2. The Kier molecular flexibility index (Phi) is 6.41. The van der Waals surface area contributed by atoms with E-state index in [1.165, 1.54) is 0 Å². The fourth-order valence-electron chi connectivity index (χ4n) is 1.11. The second kappa shape index (κ2) is 6.78. The van der Waals surface area contributed by atoms with Crippen molar-refractivity contribution in [2.45, 2.75) is 39.0 Å². The summed E-state index contributed by atoms with van der Waals surface area (Å²) in [5.74, 6) is 0. The molecular formula is C10H18O3. The maximum atomic E-state index is 10.6. The van der Waals surface area contributed by atoms with Gasteiger partial charge in [0, 0.05) is 11.8 Å². The van der Waals surface area contributed by atoms with Crippen LogP contribution in [0.4, 0.5) is 0 Å². The van der Waals surface area contributed by atoms with Crippen LogP contribution in [0.3, 0.4) is 0 Å². The molecule has 0 rings (SSSR count). The molecule has 0 aromatic heterocycles. The van der Waals surface area contributed by atoms with E-state index in [9.17, 15) is 9.59 Å². The zero-order valence-electron chi connectivity index (χ0n) is 8.16. The molecule has 0 saturated heterocycles.